The minimum absolute atomic E-state index is 0.164. The predicted octanol–water partition coefficient (Wildman–Crippen LogP) is 3.13. The van der Waals surface area contributed by atoms with Gasteiger partial charge in [0.25, 0.3) is 0 Å². The normalized spacial score (nSPS) is 22.5. The number of pyridine rings is 1. The zero-order valence-corrected chi connectivity index (χ0v) is 11.6. The molecule has 1 fully saturated rings. The summed E-state index contributed by atoms with van der Waals surface area (Å²) in [6.45, 7) is 10.1. The van der Waals surface area contributed by atoms with E-state index in [0.29, 0.717) is 5.02 Å². The molecule has 0 unspecified atom stereocenters. The first-order valence-corrected chi connectivity index (χ1v) is 6.22. The number of nitrogens with zero attached hydrogens (tertiary/aromatic N) is 2. The Labute approximate surface area is 108 Å². The third-order valence-electron chi connectivity index (χ3n) is 2.73. The van der Waals surface area contributed by atoms with Gasteiger partial charge in [0, 0.05) is 19.3 Å². The topological polar surface area (TPSA) is 25.4 Å². The first-order chi connectivity index (χ1) is 7.77. The fraction of sp³-hybridized carbons (Fsp3) is 0.615. The maximum Gasteiger partial charge on any atom is 0.128 e. The molecule has 3 nitrogen and oxygen atoms in total. The summed E-state index contributed by atoms with van der Waals surface area (Å²) in [6, 6.07) is 3.83. The smallest absolute Gasteiger partial charge is 0.128 e. The highest BCUT2D eigenvalue weighted by atomic mass is 35.5. The lowest BCUT2D eigenvalue weighted by molar-refractivity contribution is -0.133. The highest BCUT2D eigenvalue weighted by molar-refractivity contribution is 6.30. The first-order valence-electron chi connectivity index (χ1n) is 5.84. The van der Waals surface area contributed by atoms with Crippen LogP contribution in [0.4, 0.5) is 5.82 Å². The number of aromatic nitrogens is 1. The van der Waals surface area contributed by atoms with Gasteiger partial charge in [-0.25, -0.2) is 4.98 Å². The summed E-state index contributed by atoms with van der Waals surface area (Å²) >= 11 is 5.86. The summed E-state index contributed by atoms with van der Waals surface area (Å²) in [4.78, 5) is 6.62. The second-order valence-electron chi connectivity index (χ2n) is 5.81. The second kappa shape index (κ2) is 4.14. The van der Waals surface area contributed by atoms with Crippen molar-refractivity contribution in [1.82, 2.24) is 4.98 Å². The van der Waals surface area contributed by atoms with Crippen molar-refractivity contribution in [2.45, 2.75) is 38.9 Å². The van der Waals surface area contributed by atoms with Crippen LogP contribution in [0.5, 0.6) is 0 Å². The van der Waals surface area contributed by atoms with Gasteiger partial charge in [-0.3, -0.25) is 0 Å². The van der Waals surface area contributed by atoms with E-state index in [9.17, 15) is 0 Å². The van der Waals surface area contributed by atoms with Crippen LogP contribution in [-0.4, -0.2) is 29.3 Å². The molecule has 17 heavy (non-hydrogen) atoms. The molecule has 94 valence electrons. The Morgan fingerprint density at radius 2 is 1.76 bits per heavy atom. The van der Waals surface area contributed by atoms with Crippen molar-refractivity contribution >= 4 is 17.4 Å². The zero-order chi connectivity index (χ0) is 12.7. The molecule has 2 heterocycles. The number of halogens is 1. The van der Waals surface area contributed by atoms with Gasteiger partial charge in [-0.15, -0.1) is 0 Å². The predicted molar refractivity (Wildman–Crippen MR) is 70.7 cm³/mol. The largest absolute Gasteiger partial charge is 0.366 e. The molecule has 0 aliphatic carbocycles. The van der Waals surface area contributed by atoms with Crippen molar-refractivity contribution in [2.75, 3.05) is 18.0 Å². The van der Waals surface area contributed by atoms with E-state index < -0.39 is 0 Å². The number of morpholine rings is 1. The molecule has 4 heteroatoms. The van der Waals surface area contributed by atoms with E-state index in [1.807, 2.05) is 12.1 Å². The lowest BCUT2D eigenvalue weighted by Crippen LogP contribution is -2.57. The van der Waals surface area contributed by atoms with Crippen molar-refractivity contribution in [1.29, 1.82) is 0 Å². The molecular weight excluding hydrogens is 236 g/mol. The molecule has 1 aliphatic heterocycles. The minimum Gasteiger partial charge on any atom is -0.366 e. The van der Waals surface area contributed by atoms with Gasteiger partial charge in [0.2, 0.25) is 0 Å². The second-order valence-corrected chi connectivity index (χ2v) is 6.25. The van der Waals surface area contributed by atoms with Gasteiger partial charge in [-0.2, -0.15) is 0 Å². The van der Waals surface area contributed by atoms with Crippen molar-refractivity contribution in [2.24, 2.45) is 0 Å². The van der Waals surface area contributed by atoms with E-state index in [1.54, 1.807) is 6.20 Å². The molecule has 1 aliphatic rings. The SMILES string of the molecule is CC1(C)CN(c2ccc(Cl)cn2)CC(C)(C)O1. The summed E-state index contributed by atoms with van der Waals surface area (Å²) in [5.41, 5.74) is -0.327. The van der Waals surface area contributed by atoms with Gasteiger partial charge in [-0.1, -0.05) is 11.6 Å². The standard InChI is InChI=1S/C13H19ClN2O/c1-12(2)8-16(9-13(3,4)17-12)11-6-5-10(14)7-15-11/h5-7H,8-9H2,1-4H3. The molecule has 0 bridgehead atoms. The quantitative estimate of drug-likeness (QED) is 0.770. The average molecular weight is 255 g/mol. The van der Waals surface area contributed by atoms with E-state index in [4.69, 9.17) is 16.3 Å². The van der Waals surface area contributed by atoms with Crippen molar-refractivity contribution in [3.63, 3.8) is 0 Å². The molecule has 0 atom stereocenters. The number of hydrogen-bond donors (Lipinski definition) is 0. The Balaban J connectivity index is 2.24. The Morgan fingerprint density at radius 3 is 2.24 bits per heavy atom. The Bertz CT molecular complexity index is 384. The zero-order valence-electron chi connectivity index (χ0n) is 10.8. The third kappa shape index (κ3) is 3.11. The molecular formula is C13H19ClN2O. The summed E-state index contributed by atoms with van der Waals surface area (Å²) in [7, 11) is 0. The molecule has 0 amide bonds. The van der Waals surface area contributed by atoms with Gasteiger partial charge in [0.1, 0.15) is 5.82 Å². The van der Waals surface area contributed by atoms with Crippen LogP contribution in [0.25, 0.3) is 0 Å². The lowest BCUT2D eigenvalue weighted by Gasteiger charge is -2.47. The van der Waals surface area contributed by atoms with Gasteiger partial charge in [-0.05, 0) is 39.8 Å². The van der Waals surface area contributed by atoms with Gasteiger partial charge in [0.05, 0.1) is 16.2 Å². The van der Waals surface area contributed by atoms with E-state index >= 15 is 0 Å². The average Bonchev–Trinajstić information content (AvgIpc) is 2.13. The Morgan fingerprint density at radius 1 is 1.18 bits per heavy atom. The van der Waals surface area contributed by atoms with Crippen molar-refractivity contribution in [3.05, 3.63) is 23.4 Å². The molecule has 1 saturated heterocycles. The van der Waals surface area contributed by atoms with Crippen molar-refractivity contribution in [3.8, 4) is 0 Å². The molecule has 1 aromatic heterocycles. The highest BCUT2D eigenvalue weighted by Gasteiger charge is 2.38. The number of rotatable bonds is 1. The lowest BCUT2D eigenvalue weighted by atomic mass is 9.99. The molecule has 0 radical (unpaired) electrons. The van der Waals surface area contributed by atoms with Crippen molar-refractivity contribution < 1.29 is 4.74 Å². The molecule has 0 aromatic carbocycles. The molecule has 1 aromatic rings. The van der Waals surface area contributed by atoms with Crippen LogP contribution in [-0.2, 0) is 4.74 Å². The summed E-state index contributed by atoms with van der Waals surface area (Å²) in [6.07, 6.45) is 1.69. The van der Waals surface area contributed by atoms with E-state index in [2.05, 4.69) is 37.6 Å². The van der Waals surface area contributed by atoms with Gasteiger partial charge in [0.15, 0.2) is 0 Å². The number of hydrogen-bond acceptors (Lipinski definition) is 3. The van der Waals surface area contributed by atoms with E-state index in [0.717, 1.165) is 18.9 Å². The van der Waals surface area contributed by atoms with Crippen LogP contribution in [0.1, 0.15) is 27.7 Å². The summed E-state index contributed by atoms with van der Waals surface area (Å²) in [5, 5.41) is 0.667. The van der Waals surface area contributed by atoms with Crippen LogP contribution in [0.3, 0.4) is 0 Å². The van der Waals surface area contributed by atoms with Gasteiger partial charge >= 0.3 is 0 Å². The Kier molecular flexibility index (Phi) is 3.08. The number of ether oxygens (including phenoxy) is 1. The molecule has 0 saturated carbocycles. The molecule has 0 N–H and O–H groups in total. The van der Waals surface area contributed by atoms with Crippen LogP contribution < -0.4 is 4.90 Å². The summed E-state index contributed by atoms with van der Waals surface area (Å²) in [5.74, 6) is 0.957. The highest BCUT2D eigenvalue weighted by Crippen LogP contribution is 2.30. The Hall–Kier alpha value is -0.800. The van der Waals surface area contributed by atoms with Crippen LogP contribution in [0.15, 0.2) is 18.3 Å². The third-order valence-corrected chi connectivity index (χ3v) is 2.96. The monoisotopic (exact) mass is 254 g/mol. The molecule has 0 spiro atoms. The van der Waals surface area contributed by atoms with Crippen LogP contribution in [0, 0.1) is 0 Å². The minimum atomic E-state index is -0.164. The maximum atomic E-state index is 6.04. The maximum absolute atomic E-state index is 6.04. The first kappa shape index (κ1) is 12.7. The van der Waals surface area contributed by atoms with Crippen LogP contribution >= 0.6 is 11.6 Å². The number of anilines is 1. The fourth-order valence-electron chi connectivity index (χ4n) is 2.50. The molecule has 2 rings (SSSR count). The van der Waals surface area contributed by atoms with E-state index in [1.165, 1.54) is 0 Å². The van der Waals surface area contributed by atoms with Gasteiger partial charge < -0.3 is 9.64 Å². The van der Waals surface area contributed by atoms with E-state index in [-0.39, 0.29) is 11.2 Å². The summed E-state index contributed by atoms with van der Waals surface area (Å²) < 4.78 is 6.04. The van der Waals surface area contributed by atoms with Crippen LogP contribution in [0.2, 0.25) is 5.02 Å². The fourth-order valence-corrected chi connectivity index (χ4v) is 2.62.